The molecule has 2 rings (SSSR count). The molecular weight excluding hydrogens is 270 g/mol. The van der Waals surface area contributed by atoms with Crippen molar-refractivity contribution in [2.24, 2.45) is 5.92 Å². The summed E-state index contributed by atoms with van der Waals surface area (Å²) in [4.78, 5) is 25.9. The number of hydrogen-bond acceptors (Lipinski definition) is 4. The molecule has 1 saturated heterocycles. The molecule has 0 bridgehead atoms. The fourth-order valence-corrected chi connectivity index (χ4v) is 2.55. The summed E-state index contributed by atoms with van der Waals surface area (Å²) in [5, 5.41) is 9.02. The number of hydrogen-bond donors (Lipinski definition) is 1. The van der Waals surface area contributed by atoms with Crippen LogP contribution >= 0.6 is 0 Å². The van der Waals surface area contributed by atoms with Gasteiger partial charge in [-0.3, -0.25) is 9.59 Å². The third-order valence-corrected chi connectivity index (χ3v) is 3.71. The van der Waals surface area contributed by atoms with Gasteiger partial charge in [-0.05, 0) is 37.5 Å². The summed E-state index contributed by atoms with van der Waals surface area (Å²) in [6, 6.07) is 6.89. The highest BCUT2D eigenvalue weighted by Crippen LogP contribution is 2.20. The molecule has 0 radical (unpaired) electrons. The Bertz CT molecular complexity index is 498. The van der Waals surface area contributed by atoms with E-state index in [4.69, 9.17) is 9.84 Å². The minimum Gasteiger partial charge on any atom is -0.466 e. The molecule has 5 nitrogen and oxygen atoms in total. The Morgan fingerprint density at radius 1 is 1.33 bits per heavy atom. The molecule has 0 saturated carbocycles. The Hall–Kier alpha value is -1.88. The third kappa shape index (κ3) is 3.82. The zero-order valence-corrected chi connectivity index (χ0v) is 12.2. The molecule has 1 N–H and O–H groups in total. The van der Waals surface area contributed by atoms with Gasteiger partial charge in [0.05, 0.1) is 19.1 Å². The standard InChI is InChI=1S/C16H21NO4/c1-2-21-16(20)14-4-3-9-17(10-14)15(19)13-7-5-12(11-18)6-8-13/h5-8,14,18H,2-4,9-11H2,1H3/t14-/m0/s1. The Morgan fingerprint density at radius 2 is 2.05 bits per heavy atom. The highest BCUT2D eigenvalue weighted by Gasteiger charge is 2.29. The molecule has 1 heterocycles. The molecule has 1 aromatic carbocycles. The number of amides is 1. The van der Waals surface area contributed by atoms with E-state index in [1.54, 1.807) is 36.1 Å². The topological polar surface area (TPSA) is 66.8 Å². The van der Waals surface area contributed by atoms with Crippen molar-refractivity contribution in [2.75, 3.05) is 19.7 Å². The molecule has 0 spiro atoms. The van der Waals surface area contributed by atoms with Crippen molar-refractivity contribution in [3.05, 3.63) is 35.4 Å². The van der Waals surface area contributed by atoms with E-state index in [1.165, 1.54) is 0 Å². The molecule has 1 atom stereocenters. The normalized spacial score (nSPS) is 18.4. The van der Waals surface area contributed by atoms with Crippen molar-refractivity contribution >= 4 is 11.9 Å². The lowest BCUT2D eigenvalue weighted by molar-refractivity contribution is -0.149. The van der Waals surface area contributed by atoms with Crippen molar-refractivity contribution in [3.8, 4) is 0 Å². The predicted molar refractivity (Wildman–Crippen MR) is 77.6 cm³/mol. The van der Waals surface area contributed by atoms with Crippen LogP contribution in [0.4, 0.5) is 0 Å². The second-order valence-corrected chi connectivity index (χ2v) is 5.20. The molecule has 1 aliphatic heterocycles. The summed E-state index contributed by atoms with van der Waals surface area (Å²) in [5.41, 5.74) is 1.35. The third-order valence-electron chi connectivity index (χ3n) is 3.71. The second kappa shape index (κ2) is 7.22. The Morgan fingerprint density at radius 3 is 2.67 bits per heavy atom. The van der Waals surface area contributed by atoms with Crippen LogP contribution < -0.4 is 0 Å². The van der Waals surface area contributed by atoms with E-state index < -0.39 is 0 Å². The van der Waals surface area contributed by atoms with Gasteiger partial charge in [0.15, 0.2) is 0 Å². The van der Waals surface area contributed by atoms with E-state index >= 15 is 0 Å². The van der Waals surface area contributed by atoms with Crippen LogP contribution in [0.25, 0.3) is 0 Å². The first-order valence-electron chi connectivity index (χ1n) is 7.31. The summed E-state index contributed by atoms with van der Waals surface area (Å²) in [7, 11) is 0. The zero-order chi connectivity index (χ0) is 15.2. The first kappa shape index (κ1) is 15.5. The van der Waals surface area contributed by atoms with Crippen molar-refractivity contribution in [1.82, 2.24) is 4.90 Å². The van der Waals surface area contributed by atoms with Gasteiger partial charge >= 0.3 is 5.97 Å². The molecular formula is C16H21NO4. The summed E-state index contributed by atoms with van der Waals surface area (Å²) >= 11 is 0. The van der Waals surface area contributed by atoms with Gasteiger partial charge in [-0.2, -0.15) is 0 Å². The molecule has 1 aromatic rings. The number of esters is 1. The number of aliphatic hydroxyl groups is 1. The van der Waals surface area contributed by atoms with Crippen LogP contribution in [-0.4, -0.2) is 41.6 Å². The smallest absolute Gasteiger partial charge is 0.310 e. The number of ether oxygens (including phenoxy) is 1. The fraction of sp³-hybridized carbons (Fsp3) is 0.500. The summed E-state index contributed by atoms with van der Waals surface area (Å²) < 4.78 is 5.04. The van der Waals surface area contributed by atoms with Gasteiger partial charge in [0.1, 0.15) is 0 Å². The van der Waals surface area contributed by atoms with E-state index in [0.29, 0.717) is 25.3 Å². The first-order chi connectivity index (χ1) is 10.2. The van der Waals surface area contributed by atoms with Crippen molar-refractivity contribution in [2.45, 2.75) is 26.4 Å². The number of piperidine rings is 1. The van der Waals surface area contributed by atoms with Crippen LogP contribution in [0.3, 0.4) is 0 Å². The monoisotopic (exact) mass is 291 g/mol. The van der Waals surface area contributed by atoms with Gasteiger partial charge in [0.2, 0.25) is 0 Å². The zero-order valence-electron chi connectivity index (χ0n) is 12.2. The number of carbonyl (C=O) groups excluding carboxylic acids is 2. The predicted octanol–water partition coefficient (Wildman–Crippen LogP) is 1.59. The molecule has 0 unspecified atom stereocenters. The Balaban J connectivity index is 2.02. The minimum absolute atomic E-state index is 0.0386. The van der Waals surface area contributed by atoms with E-state index in [9.17, 15) is 9.59 Å². The number of rotatable bonds is 4. The number of likely N-dealkylation sites (tertiary alicyclic amines) is 1. The van der Waals surface area contributed by atoms with Crippen molar-refractivity contribution in [1.29, 1.82) is 0 Å². The molecule has 1 amide bonds. The molecule has 0 aromatic heterocycles. The van der Waals surface area contributed by atoms with Gasteiger partial charge in [-0.1, -0.05) is 12.1 Å². The lowest BCUT2D eigenvalue weighted by Gasteiger charge is -2.31. The highest BCUT2D eigenvalue weighted by molar-refractivity contribution is 5.94. The SMILES string of the molecule is CCOC(=O)[C@H]1CCCN(C(=O)c2ccc(CO)cc2)C1. The number of aliphatic hydroxyl groups excluding tert-OH is 1. The molecule has 114 valence electrons. The molecule has 5 heteroatoms. The average Bonchev–Trinajstić information content (AvgIpc) is 2.54. The van der Waals surface area contributed by atoms with Gasteiger partial charge in [-0.25, -0.2) is 0 Å². The van der Waals surface area contributed by atoms with Gasteiger partial charge < -0.3 is 14.7 Å². The lowest BCUT2D eigenvalue weighted by Crippen LogP contribution is -2.42. The maximum Gasteiger partial charge on any atom is 0.310 e. The minimum atomic E-state index is -0.223. The number of carbonyl (C=O) groups is 2. The van der Waals surface area contributed by atoms with E-state index in [2.05, 4.69) is 0 Å². The maximum atomic E-state index is 12.4. The highest BCUT2D eigenvalue weighted by atomic mass is 16.5. The largest absolute Gasteiger partial charge is 0.466 e. The van der Waals surface area contributed by atoms with E-state index in [0.717, 1.165) is 18.4 Å². The van der Waals surface area contributed by atoms with E-state index in [-0.39, 0.29) is 24.4 Å². The average molecular weight is 291 g/mol. The van der Waals surface area contributed by atoms with Crippen LogP contribution in [0.2, 0.25) is 0 Å². The molecule has 1 aliphatic rings. The fourth-order valence-electron chi connectivity index (χ4n) is 2.55. The summed E-state index contributed by atoms with van der Waals surface area (Å²) in [6.07, 6.45) is 1.58. The molecule has 1 fully saturated rings. The van der Waals surface area contributed by atoms with Crippen LogP contribution in [0.5, 0.6) is 0 Å². The van der Waals surface area contributed by atoms with E-state index in [1.807, 2.05) is 0 Å². The van der Waals surface area contributed by atoms with Crippen LogP contribution in [0.15, 0.2) is 24.3 Å². The van der Waals surface area contributed by atoms with Gasteiger partial charge in [-0.15, -0.1) is 0 Å². The lowest BCUT2D eigenvalue weighted by atomic mass is 9.97. The quantitative estimate of drug-likeness (QED) is 0.856. The molecule has 0 aliphatic carbocycles. The van der Waals surface area contributed by atoms with Crippen LogP contribution in [0, 0.1) is 5.92 Å². The molecule has 21 heavy (non-hydrogen) atoms. The van der Waals surface area contributed by atoms with Gasteiger partial charge in [0, 0.05) is 18.7 Å². The summed E-state index contributed by atoms with van der Waals surface area (Å²) in [6.45, 7) is 3.19. The van der Waals surface area contributed by atoms with Gasteiger partial charge in [0.25, 0.3) is 5.91 Å². The first-order valence-corrected chi connectivity index (χ1v) is 7.31. The Kier molecular flexibility index (Phi) is 5.33. The van der Waals surface area contributed by atoms with Crippen LogP contribution in [-0.2, 0) is 16.1 Å². The van der Waals surface area contributed by atoms with Crippen molar-refractivity contribution < 1.29 is 19.4 Å². The Labute approximate surface area is 124 Å². The summed E-state index contributed by atoms with van der Waals surface area (Å²) in [5.74, 6) is -0.515. The maximum absolute atomic E-state index is 12.4. The number of benzene rings is 1. The second-order valence-electron chi connectivity index (χ2n) is 5.20. The van der Waals surface area contributed by atoms with Crippen molar-refractivity contribution in [3.63, 3.8) is 0 Å². The number of nitrogens with zero attached hydrogens (tertiary/aromatic N) is 1. The van der Waals surface area contributed by atoms with Crippen LogP contribution in [0.1, 0.15) is 35.7 Å².